The molecule has 1 aliphatic heterocycles. The second kappa shape index (κ2) is 9.77. The SMILES string of the molecule is Cc1ccc(C)c(N2N=C(C(=O)N(Cc3nnc(-c4ccccc4Cl)o3)C(C)C)CCC2=O)c1. The van der Waals surface area contributed by atoms with Crippen LogP contribution >= 0.6 is 11.6 Å². The van der Waals surface area contributed by atoms with Crippen LogP contribution in [0.1, 0.15) is 43.7 Å². The molecule has 4 rings (SSSR count). The smallest absolute Gasteiger partial charge is 0.270 e. The molecule has 0 radical (unpaired) electrons. The minimum Gasteiger partial charge on any atom is -0.419 e. The molecule has 0 aliphatic carbocycles. The summed E-state index contributed by atoms with van der Waals surface area (Å²) in [5.74, 6) is 0.173. The van der Waals surface area contributed by atoms with Crippen LogP contribution in [-0.4, -0.2) is 38.7 Å². The van der Waals surface area contributed by atoms with Gasteiger partial charge >= 0.3 is 0 Å². The van der Waals surface area contributed by atoms with Gasteiger partial charge in [0.25, 0.3) is 5.91 Å². The molecule has 0 N–H and O–H groups in total. The van der Waals surface area contributed by atoms with Crippen molar-refractivity contribution in [3.05, 3.63) is 64.5 Å². The zero-order valence-corrected chi connectivity index (χ0v) is 20.3. The van der Waals surface area contributed by atoms with Gasteiger partial charge in [-0.2, -0.15) is 5.10 Å². The Kier molecular flexibility index (Phi) is 6.79. The Morgan fingerprint density at radius 1 is 1.15 bits per heavy atom. The Hall–Kier alpha value is -3.52. The van der Waals surface area contributed by atoms with Gasteiger partial charge in [-0.25, -0.2) is 5.01 Å². The Morgan fingerprint density at radius 2 is 1.91 bits per heavy atom. The van der Waals surface area contributed by atoms with E-state index in [0.29, 0.717) is 27.9 Å². The van der Waals surface area contributed by atoms with E-state index in [0.717, 1.165) is 11.1 Å². The van der Waals surface area contributed by atoms with Gasteiger partial charge in [0.05, 0.1) is 22.8 Å². The van der Waals surface area contributed by atoms with E-state index in [9.17, 15) is 9.59 Å². The number of hydrazone groups is 1. The Labute approximate surface area is 203 Å². The van der Waals surface area contributed by atoms with Gasteiger partial charge < -0.3 is 9.32 Å². The summed E-state index contributed by atoms with van der Waals surface area (Å²) in [4.78, 5) is 27.7. The lowest BCUT2D eigenvalue weighted by Gasteiger charge is -2.29. The zero-order chi connectivity index (χ0) is 24.4. The predicted octanol–water partition coefficient (Wildman–Crippen LogP) is 4.93. The number of benzene rings is 2. The van der Waals surface area contributed by atoms with Crippen molar-refractivity contribution >= 4 is 34.8 Å². The first kappa shape index (κ1) is 23.6. The minimum atomic E-state index is -0.268. The van der Waals surface area contributed by atoms with Gasteiger partial charge in [0.1, 0.15) is 5.71 Å². The van der Waals surface area contributed by atoms with Crippen LogP contribution in [0.15, 0.2) is 52.0 Å². The molecule has 0 spiro atoms. The van der Waals surface area contributed by atoms with Gasteiger partial charge in [-0.3, -0.25) is 9.59 Å². The zero-order valence-electron chi connectivity index (χ0n) is 19.6. The number of aromatic nitrogens is 2. The molecule has 34 heavy (non-hydrogen) atoms. The van der Waals surface area contributed by atoms with Crippen LogP contribution in [0.5, 0.6) is 0 Å². The average molecular weight is 480 g/mol. The fourth-order valence-corrected chi connectivity index (χ4v) is 3.92. The van der Waals surface area contributed by atoms with Gasteiger partial charge in [0, 0.05) is 18.9 Å². The highest BCUT2D eigenvalue weighted by Crippen LogP contribution is 2.28. The minimum absolute atomic E-state index is 0.115. The first-order chi connectivity index (χ1) is 16.2. The van der Waals surface area contributed by atoms with Crippen LogP contribution in [0, 0.1) is 13.8 Å². The lowest BCUT2D eigenvalue weighted by Crippen LogP contribution is -2.44. The molecule has 0 saturated carbocycles. The van der Waals surface area contributed by atoms with Crippen molar-refractivity contribution in [2.24, 2.45) is 5.10 Å². The maximum Gasteiger partial charge on any atom is 0.270 e. The highest BCUT2D eigenvalue weighted by molar-refractivity contribution is 6.40. The van der Waals surface area contributed by atoms with Crippen molar-refractivity contribution in [1.82, 2.24) is 15.1 Å². The van der Waals surface area contributed by atoms with Crippen LogP contribution in [0.4, 0.5) is 5.69 Å². The summed E-state index contributed by atoms with van der Waals surface area (Å²) in [5.41, 5.74) is 3.56. The first-order valence-electron chi connectivity index (χ1n) is 11.1. The lowest BCUT2D eigenvalue weighted by atomic mass is 10.1. The van der Waals surface area contributed by atoms with E-state index < -0.39 is 0 Å². The van der Waals surface area contributed by atoms with E-state index >= 15 is 0 Å². The molecule has 0 fully saturated rings. The molecule has 8 nitrogen and oxygen atoms in total. The van der Waals surface area contributed by atoms with Crippen molar-refractivity contribution in [3.63, 3.8) is 0 Å². The molecule has 2 heterocycles. The number of carbonyl (C=O) groups excluding carboxylic acids is 2. The summed E-state index contributed by atoms with van der Waals surface area (Å²) in [6, 6.07) is 12.9. The molecule has 0 atom stereocenters. The highest BCUT2D eigenvalue weighted by atomic mass is 35.5. The van der Waals surface area contributed by atoms with Crippen LogP contribution in [0.2, 0.25) is 5.02 Å². The number of rotatable bonds is 6. The van der Waals surface area contributed by atoms with Crippen molar-refractivity contribution in [1.29, 1.82) is 0 Å². The Morgan fingerprint density at radius 3 is 2.65 bits per heavy atom. The quantitative estimate of drug-likeness (QED) is 0.500. The van der Waals surface area contributed by atoms with E-state index in [1.807, 2.05) is 58.0 Å². The molecular formula is C25H26ClN5O3. The molecular weight excluding hydrogens is 454 g/mol. The average Bonchev–Trinajstić information content (AvgIpc) is 3.27. The van der Waals surface area contributed by atoms with Crippen LogP contribution in [-0.2, 0) is 16.1 Å². The van der Waals surface area contributed by atoms with Crippen LogP contribution in [0.25, 0.3) is 11.5 Å². The molecule has 2 aromatic carbocycles. The fraction of sp³-hybridized carbons (Fsp3) is 0.320. The standard InChI is InChI=1S/C25H26ClN5O3/c1-15(2)30(14-22-27-28-24(34-22)18-7-5-6-8-19(18)26)25(33)20-11-12-23(32)31(29-20)21-13-16(3)9-10-17(21)4/h5-10,13,15H,11-12,14H2,1-4H3. The molecule has 9 heteroatoms. The fourth-order valence-electron chi connectivity index (χ4n) is 3.70. The molecule has 176 valence electrons. The molecule has 1 aliphatic rings. The number of carbonyl (C=O) groups is 2. The van der Waals surface area contributed by atoms with Gasteiger partial charge in [-0.15, -0.1) is 10.2 Å². The largest absolute Gasteiger partial charge is 0.419 e. The predicted molar refractivity (Wildman–Crippen MR) is 131 cm³/mol. The van der Waals surface area contributed by atoms with E-state index in [2.05, 4.69) is 15.3 Å². The van der Waals surface area contributed by atoms with E-state index in [4.69, 9.17) is 16.0 Å². The normalized spacial score (nSPS) is 13.9. The van der Waals surface area contributed by atoms with Crippen LogP contribution < -0.4 is 5.01 Å². The molecule has 0 unspecified atom stereocenters. The third kappa shape index (κ3) is 4.87. The molecule has 3 aromatic rings. The lowest BCUT2D eigenvalue weighted by molar-refractivity contribution is -0.126. The Bertz CT molecular complexity index is 1270. The summed E-state index contributed by atoms with van der Waals surface area (Å²) in [7, 11) is 0. The number of aryl methyl sites for hydroxylation is 2. The second-order valence-electron chi connectivity index (χ2n) is 8.55. The summed E-state index contributed by atoms with van der Waals surface area (Å²) >= 11 is 6.23. The number of nitrogens with zero attached hydrogens (tertiary/aromatic N) is 5. The summed E-state index contributed by atoms with van der Waals surface area (Å²) in [5, 5.41) is 14.5. The molecule has 0 bridgehead atoms. The van der Waals surface area contributed by atoms with E-state index in [1.54, 1.807) is 17.0 Å². The van der Waals surface area contributed by atoms with Crippen molar-refractivity contribution in [2.45, 2.75) is 53.1 Å². The summed E-state index contributed by atoms with van der Waals surface area (Å²) in [6.45, 7) is 7.79. The van der Waals surface area contributed by atoms with Gasteiger partial charge in [0.2, 0.25) is 17.7 Å². The molecule has 2 amide bonds. The van der Waals surface area contributed by atoms with Crippen molar-refractivity contribution in [3.8, 4) is 11.5 Å². The highest BCUT2D eigenvalue weighted by Gasteiger charge is 2.31. The van der Waals surface area contributed by atoms with E-state index in [1.165, 1.54) is 5.01 Å². The Balaban J connectivity index is 1.59. The molecule has 0 saturated heterocycles. The van der Waals surface area contributed by atoms with Gasteiger partial charge in [-0.05, 0) is 57.0 Å². The molecule has 1 aromatic heterocycles. The van der Waals surface area contributed by atoms with E-state index in [-0.39, 0.29) is 43.1 Å². The third-order valence-corrected chi connectivity index (χ3v) is 5.96. The number of hydrogen-bond acceptors (Lipinski definition) is 6. The second-order valence-corrected chi connectivity index (χ2v) is 8.96. The van der Waals surface area contributed by atoms with Crippen molar-refractivity contribution < 1.29 is 14.0 Å². The number of anilines is 1. The van der Waals surface area contributed by atoms with Crippen LogP contribution in [0.3, 0.4) is 0 Å². The monoisotopic (exact) mass is 479 g/mol. The maximum absolute atomic E-state index is 13.5. The van der Waals surface area contributed by atoms with Gasteiger partial charge in [-0.1, -0.05) is 35.9 Å². The number of hydrogen-bond donors (Lipinski definition) is 0. The maximum atomic E-state index is 13.5. The van der Waals surface area contributed by atoms with Crippen molar-refractivity contribution in [2.75, 3.05) is 5.01 Å². The number of amides is 2. The number of halogens is 1. The third-order valence-electron chi connectivity index (χ3n) is 5.63. The summed E-state index contributed by atoms with van der Waals surface area (Å²) in [6.07, 6.45) is 0.484. The first-order valence-corrected chi connectivity index (χ1v) is 11.5. The summed E-state index contributed by atoms with van der Waals surface area (Å²) < 4.78 is 5.80. The topological polar surface area (TPSA) is 91.9 Å². The van der Waals surface area contributed by atoms with Gasteiger partial charge in [0.15, 0.2) is 0 Å².